The first-order valence-electron chi connectivity index (χ1n) is 13.9. The molecule has 0 radical (unpaired) electrons. The first kappa shape index (κ1) is 32.9. The van der Waals surface area contributed by atoms with Gasteiger partial charge in [0, 0.05) is 0 Å². The number of hydrogen-bond acceptors (Lipinski definition) is 3. The zero-order valence-corrected chi connectivity index (χ0v) is 28.2. The van der Waals surface area contributed by atoms with Gasteiger partial charge in [-0.15, -0.1) is 0 Å². The van der Waals surface area contributed by atoms with Crippen molar-refractivity contribution < 1.29 is 19.1 Å². The van der Waals surface area contributed by atoms with Gasteiger partial charge in [-0.05, 0) is 0 Å². The van der Waals surface area contributed by atoms with Crippen LogP contribution in [-0.4, -0.2) is 47.6 Å². The Kier molecular flexibility index (Phi) is 11.5. The average Bonchev–Trinajstić information content (AvgIpc) is 2.77. The number of rotatable bonds is 11. The number of carboxylic acid groups (broad SMARTS) is 1. The van der Waals surface area contributed by atoms with Gasteiger partial charge in [0.1, 0.15) is 0 Å². The fourth-order valence-corrected chi connectivity index (χ4v) is 7.09. The standard InChI is InChI=1S/C32H50O4SeSi/c1-24(20-29(33)34)14-19-37-28-22-27-26(31(5,6)15-16-32(27,7)8)21-25(28)23-35-17-12-11-13-18-36-38(9,10)30(2,3)4/h20-22H,11-13,15-18,23H2,1-10H3,(H,33,34). The molecule has 0 unspecified atom stereocenters. The molecule has 0 spiro atoms. The maximum absolute atomic E-state index is 10.9. The van der Waals surface area contributed by atoms with Gasteiger partial charge in [0.25, 0.3) is 0 Å². The first-order chi connectivity index (χ1) is 17.5. The summed E-state index contributed by atoms with van der Waals surface area (Å²) in [6, 6.07) is 4.75. The van der Waals surface area contributed by atoms with Crippen LogP contribution in [0.4, 0.5) is 0 Å². The third kappa shape index (κ3) is 9.39. The van der Waals surface area contributed by atoms with Crippen molar-refractivity contribution in [2.24, 2.45) is 0 Å². The predicted octanol–water partition coefficient (Wildman–Crippen LogP) is 7.07. The minimum atomic E-state index is -1.66. The van der Waals surface area contributed by atoms with Gasteiger partial charge in [-0.25, -0.2) is 0 Å². The molecule has 0 bridgehead atoms. The molecule has 0 fully saturated rings. The molecule has 2 rings (SSSR count). The molecule has 212 valence electrons. The molecule has 0 amide bonds. The molecule has 0 aliphatic heterocycles. The van der Waals surface area contributed by atoms with Crippen LogP contribution >= 0.6 is 0 Å². The van der Waals surface area contributed by atoms with Crippen LogP contribution in [-0.2, 0) is 31.4 Å². The Morgan fingerprint density at radius 2 is 1.63 bits per heavy atom. The Morgan fingerprint density at radius 3 is 2.21 bits per heavy atom. The Hall–Kier alpha value is -1.35. The van der Waals surface area contributed by atoms with Crippen molar-refractivity contribution in [1.29, 1.82) is 0 Å². The third-order valence-corrected chi connectivity index (χ3v) is 14.5. The summed E-state index contributed by atoms with van der Waals surface area (Å²) < 4.78 is 13.7. The van der Waals surface area contributed by atoms with E-state index in [4.69, 9.17) is 14.3 Å². The average molecular weight is 606 g/mol. The summed E-state index contributed by atoms with van der Waals surface area (Å²) in [6.45, 7) is 24.8. The summed E-state index contributed by atoms with van der Waals surface area (Å²) in [4.78, 5) is 14.2. The van der Waals surface area contributed by atoms with E-state index >= 15 is 0 Å². The topological polar surface area (TPSA) is 55.8 Å². The van der Waals surface area contributed by atoms with Crippen LogP contribution < -0.4 is 4.46 Å². The van der Waals surface area contributed by atoms with Gasteiger partial charge in [-0.1, -0.05) is 20.8 Å². The fourth-order valence-electron chi connectivity index (χ4n) is 4.44. The quantitative estimate of drug-likeness (QED) is 0.127. The second-order valence-electron chi connectivity index (χ2n) is 13.5. The molecular formula is C32H50O4SeSi. The number of aliphatic carboxylic acids is 1. The van der Waals surface area contributed by atoms with Crippen LogP contribution in [0.15, 0.2) is 23.8 Å². The SMILES string of the molecule is CC(C#C[Se]c1cc2c(cc1COCCCCCO[Si](C)(C)C(C)(C)C)C(C)(C)CCC2(C)C)=CC(=O)O. The van der Waals surface area contributed by atoms with Gasteiger partial charge < -0.3 is 0 Å². The summed E-state index contributed by atoms with van der Waals surface area (Å²) in [5.41, 5.74) is 4.94. The summed E-state index contributed by atoms with van der Waals surface area (Å²) in [5.74, 6) is 2.07. The van der Waals surface area contributed by atoms with Gasteiger partial charge in [-0.2, -0.15) is 0 Å². The predicted molar refractivity (Wildman–Crippen MR) is 163 cm³/mol. The number of carboxylic acids is 1. The van der Waals surface area contributed by atoms with Gasteiger partial charge >= 0.3 is 219 Å². The summed E-state index contributed by atoms with van der Waals surface area (Å²) >= 11 is -0.0833. The van der Waals surface area contributed by atoms with Crippen LogP contribution in [0.2, 0.25) is 18.1 Å². The molecule has 0 aromatic heterocycles. The van der Waals surface area contributed by atoms with Crippen LogP contribution in [0.3, 0.4) is 0 Å². The molecule has 1 aliphatic rings. The van der Waals surface area contributed by atoms with E-state index in [-0.39, 0.29) is 30.8 Å². The monoisotopic (exact) mass is 606 g/mol. The molecule has 0 saturated carbocycles. The number of unbranched alkanes of at least 4 members (excludes halogenated alkanes) is 2. The van der Waals surface area contributed by atoms with Crippen molar-refractivity contribution in [2.45, 2.75) is 123 Å². The van der Waals surface area contributed by atoms with Crippen molar-refractivity contribution in [1.82, 2.24) is 0 Å². The van der Waals surface area contributed by atoms with Gasteiger partial charge in [-0.3, -0.25) is 0 Å². The van der Waals surface area contributed by atoms with Crippen LogP contribution in [0, 0.1) is 10.7 Å². The van der Waals surface area contributed by atoms with Crippen LogP contribution in [0.25, 0.3) is 0 Å². The van der Waals surface area contributed by atoms with E-state index in [2.05, 4.69) is 84.4 Å². The minimum absolute atomic E-state index is 0.0833. The fraction of sp³-hybridized carbons (Fsp3) is 0.656. The number of ether oxygens (including phenoxy) is 1. The molecule has 38 heavy (non-hydrogen) atoms. The molecule has 1 aromatic rings. The Labute approximate surface area is 239 Å². The van der Waals surface area contributed by atoms with Gasteiger partial charge in [0.2, 0.25) is 0 Å². The van der Waals surface area contributed by atoms with Crippen LogP contribution in [0.5, 0.6) is 0 Å². The van der Waals surface area contributed by atoms with Crippen molar-refractivity contribution in [3.63, 3.8) is 0 Å². The Balaban J connectivity index is 2.07. The zero-order valence-electron chi connectivity index (χ0n) is 25.5. The van der Waals surface area contributed by atoms with Gasteiger partial charge in [0.15, 0.2) is 0 Å². The summed E-state index contributed by atoms with van der Waals surface area (Å²) in [6.07, 6.45) is 6.73. The molecule has 4 nitrogen and oxygen atoms in total. The zero-order chi connectivity index (χ0) is 28.8. The second kappa shape index (κ2) is 13.3. The van der Waals surface area contributed by atoms with Crippen LogP contribution in [0.1, 0.15) is 104 Å². The number of allylic oxidation sites excluding steroid dienone is 1. The van der Waals surface area contributed by atoms with E-state index in [9.17, 15) is 4.79 Å². The molecular weight excluding hydrogens is 555 g/mol. The Morgan fingerprint density at radius 1 is 1.05 bits per heavy atom. The maximum atomic E-state index is 10.9. The van der Waals surface area contributed by atoms with Crippen molar-refractivity contribution in [3.05, 3.63) is 40.5 Å². The van der Waals surface area contributed by atoms with E-state index in [1.165, 1.54) is 40.1 Å². The second-order valence-corrected chi connectivity index (χ2v) is 20.1. The molecule has 6 heteroatoms. The summed E-state index contributed by atoms with van der Waals surface area (Å²) in [7, 11) is -1.66. The van der Waals surface area contributed by atoms with E-state index in [1.54, 1.807) is 6.92 Å². The molecule has 1 aliphatic carbocycles. The normalized spacial score (nSPS) is 16.9. The molecule has 1 N–H and O–H groups in total. The van der Waals surface area contributed by atoms with Crippen molar-refractivity contribution in [3.8, 4) is 10.7 Å². The van der Waals surface area contributed by atoms with E-state index < -0.39 is 14.3 Å². The third-order valence-electron chi connectivity index (χ3n) is 8.24. The van der Waals surface area contributed by atoms with Crippen molar-refractivity contribution in [2.75, 3.05) is 13.2 Å². The molecule has 0 heterocycles. The Bertz CT molecular complexity index is 1070. The number of benzene rings is 1. The van der Waals surface area contributed by atoms with Crippen molar-refractivity contribution >= 4 is 33.7 Å². The van der Waals surface area contributed by atoms with E-state index in [1.807, 2.05) is 0 Å². The molecule has 0 saturated heterocycles. The number of hydrogen-bond donors (Lipinski definition) is 1. The molecule has 0 atom stereocenters. The van der Waals surface area contributed by atoms with E-state index in [0.717, 1.165) is 32.5 Å². The summed E-state index contributed by atoms with van der Waals surface area (Å²) in [5, 5.41) is 9.23. The number of carbonyl (C=O) groups is 1. The molecule has 1 aromatic carbocycles. The van der Waals surface area contributed by atoms with Gasteiger partial charge in [0.05, 0.1) is 0 Å². The first-order valence-corrected chi connectivity index (χ1v) is 18.6. The van der Waals surface area contributed by atoms with E-state index in [0.29, 0.717) is 12.2 Å². The number of fused-ring (bicyclic) bond motifs is 1.